The molecule has 1 aromatic heterocycles. The van der Waals surface area contributed by atoms with E-state index in [1.54, 1.807) is 13.0 Å². The number of nitrogens with zero attached hydrogens (tertiary/aromatic N) is 3. The highest BCUT2D eigenvalue weighted by Gasteiger charge is 2.48. The van der Waals surface area contributed by atoms with Crippen molar-refractivity contribution < 1.29 is 19.1 Å². The van der Waals surface area contributed by atoms with E-state index >= 15 is 0 Å². The van der Waals surface area contributed by atoms with E-state index in [9.17, 15) is 19.1 Å². The maximum absolute atomic E-state index is 14.4. The highest BCUT2D eigenvalue weighted by atomic mass is 35.5. The summed E-state index contributed by atoms with van der Waals surface area (Å²) in [6, 6.07) is 21.9. The Labute approximate surface area is 258 Å². The number of aliphatic hydroxyl groups is 1. The van der Waals surface area contributed by atoms with Crippen molar-refractivity contribution in [2.45, 2.75) is 23.1 Å². The summed E-state index contributed by atoms with van der Waals surface area (Å²) in [4.78, 5) is 28.1. The third kappa shape index (κ3) is 5.18. The van der Waals surface area contributed by atoms with Crippen molar-refractivity contribution in [3.05, 3.63) is 123 Å². The van der Waals surface area contributed by atoms with Crippen LogP contribution < -0.4 is 4.90 Å². The van der Waals surface area contributed by atoms with Crippen molar-refractivity contribution >= 4 is 79.7 Å². The van der Waals surface area contributed by atoms with E-state index in [0.29, 0.717) is 21.2 Å². The fourth-order valence-electron chi connectivity index (χ4n) is 4.84. The highest BCUT2D eigenvalue weighted by Crippen LogP contribution is 2.45. The summed E-state index contributed by atoms with van der Waals surface area (Å²) in [6.07, 6.45) is 0. The molecule has 0 unspecified atom stereocenters. The van der Waals surface area contributed by atoms with Crippen molar-refractivity contribution in [1.82, 2.24) is 10.2 Å². The van der Waals surface area contributed by atoms with Gasteiger partial charge in [0.15, 0.2) is 4.34 Å². The van der Waals surface area contributed by atoms with Crippen LogP contribution in [0.2, 0.25) is 10.0 Å². The first-order valence-corrected chi connectivity index (χ1v) is 15.2. The number of halogens is 3. The molecule has 0 saturated carbocycles. The van der Waals surface area contributed by atoms with Crippen LogP contribution in [0, 0.1) is 12.7 Å². The number of aromatic nitrogens is 2. The summed E-state index contributed by atoms with van der Waals surface area (Å²) in [5.41, 5.74) is 1.75. The molecule has 0 bridgehead atoms. The fourth-order valence-corrected chi connectivity index (χ4v) is 7.02. The van der Waals surface area contributed by atoms with Gasteiger partial charge < -0.3 is 5.11 Å². The quantitative estimate of drug-likeness (QED) is 0.0663. The minimum Gasteiger partial charge on any atom is -0.507 e. The number of carbonyl (C=O) groups is 2. The Bertz CT molecular complexity index is 1920. The van der Waals surface area contributed by atoms with Crippen molar-refractivity contribution in [2.75, 3.05) is 4.90 Å². The summed E-state index contributed by atoms with van der Waals surface area (Å²) in [5.74, 6) is -2.30. The minimum absolute atomic E-state index is 0.0600. The van der Waals surface area contributed by atoms with Crippen LogP contribution in [-0.2, 0) is 15.3 Å². The number of aryl methyl sites for hydroxylation is 1. The number of rotatable bonds is 6. The first-order chi connectivity index (χ1) is 20.2. The van der Waals surface area contributed by atoms with Crippen molar-refractivity contribution in [3.63, 3.8) is 0 Å². The predicted octanol–water partition coefficient (Wildman–Crippen LogP) is 8.36. The molecule has 42 heavy (non-hydrogen) atoms. The molecule has 11 heteroatoms. The standard InChI is InChI=1S/C31H20Cl2FN3O3S2/c1-16-9-10-19(14-24(16)34)27(38)25-26(18-11-12-22(32)23(33)13-18)37(29(40)28(25)39)30-35-36-31(42-30)41-15-20-7-4-6-17-5-2-3-8-21(17)20/h2-14,26,38H,15H2,1H3/t26-/m1/s1. The SMILES string of the molecule is Cc1ccc(C(O)=C2C(=O)C(=O)N(c3nnc(SCc4cccc5ccccc45)s3)[C@@H]2c2ccc(Cl)c(Cl)c2)cc1F. The lowest BCUT2D eigenvalue weighted by atomic mass is 9.95. The Morgan fingerprint density at radius 2 is 1.79 bits per heavy atom. The zero-order chi connectivity index (χ0) is 29.5. The lowest BCUT2D eigenvalue weighted by Crippen LogP contribution is -2.29. The Hall–Kier alpha value is -3.76. The normalized spacial score (nSPS) is 16.5. The molecule has 1 N–H and O–H groups in total. The molecule has 0 radical (unpaired) electrons. The fraction of sp³-hybridized carbons (Fsp3) is 0.0968. The van der Waals surface area contributed by atoms with E-state index in [0.717, 1.165) is 33.7 Å². The van der Waals surface area contributed by atoms with Gasteiger partial charge in [-0.25, -0.2) is 4.39 Å². The number of thioether (sulfide) groups is 1. The third-order valence-electron chi connectivity index (χ3n) is 6.98. The second-order valence-electron chi connectivity index (χ2n) is 9.58. The van der Waals surface area contributed by atoms with Gasteiger partial charge in [-0.3, -0.25) is 14.5 Å². The van der Waals surface area contributed by atoms with Gasteiger partial charge in [0, 0.05) is 11.3 Å². The van der Waals surface area contributed by atoms with Crippen molar-refractivity contribution in [2.24, 2.45) is 0 Å². The summed E-state index contributed by atoms with van der Waals surface area (Å²) in [6.45, 7) is 1.58. The van der Waals surface area contributed by atoms with Crippen LogP contribution in [-0.4, -0.2) is 27.0 Å². The number of hydrogen-bond acceptors (Lipinski definition) is 7. The molecule has 1 atom stereocenters. The average molecular weight is 637 g/mol. The molecule has 5 aromatic rings. The Morgan fingerprint density at radius 3 is 2.57 bits per heavy atom. The Morgan fingerprint density at radius 1 is 1.00 bits per heavy atom. The molecule has 0 aliphatic carbocycles. The number of fused-ring (bicyclic) bond motifs is 1. The maximum Gasteiger partial charge on any atom is 0.301 e. The zero-order valence-corrected chi connectivity index (χ0v) is 25.0. The van der Waals surface area contributed by atoms with Gasteiger partial charge in [-0.2, -0.15) is 0 Å². The molecule has 4 aromatic carbocycles. The largest absolute Gasteiger partial charge is 0.507 e. The summed E-state index contributed by atoms with van der Waals surface area (Å²) >= 11 is 15.1. The van der Waals surface area contributed by atoms with Gasteiger partial charge in [-0.1, -0.05) is 107 Å². The van der Waals surface area contributed by atoms with Gasteiger partial charge in [0.1, 0.15) is 11.6 Å². The molecular formula is C31H20Cl2FN3O3S2. The number of aliphatic hydroxyl groups excluding tert-OH is 1. The molecule has 6 nitrogen and oxygen atoms in total. The second kappa shape index (κ2) is 11.5. The van der Waals surface area contributed by atoms with Crippen LogP contribution in [0.3, 0.4) is 0 Å². The van der Waals surface area contributed by atoms with Crippen LogP contribution in [0.15, 0.2) is 88.8 Å². The summed E-state index contributed by atoms with van der Waals surface area (Å²) in [5, 5.41) is 22.7. The number of hydrogen-bond donors (Lipinski definition) is 1. The van der Waals surface area contributed by atoms with Crippen LogP contribution in [0.4, 0.5) is 9.52 Å². The lowest BCUT2D eigenvalue weighted by Gasteiger charge is -2.23. The summed E-state index contributed by atoms with van der Waals surface area (Å²) in [7, 11) is 0. The van der Waals surface area contributed by atoms with E-state index in [2.05, 4.69) is 28.4 Å². The number of ketones is 1. The number of anilines is 1. The molecule has 1 fully saturated rings. The maximum atomic E-state index is 14.4. The molecule has 2 heterocycles. The molecule has 1 saturated heterocycles. The first kappa shape index (κ1) is 28.4. The van der Waals surface area contributed by atoms with Crippen LogP contribution in [0.25, 0.3) is 16.5 Å². The molecule has 1 aliphatic rings. The van der Waals surface area contributed by atoms with E-state index in [-0.39, 0.29) is 26.3 Å². The summed E-state index contributed by atoms with van der Waals surface area (Å²) < 4.78 is 15.0. The predicted molar refractivity (Wildman–Crippen MR) is 166 cm³/mol. The van der Waals surface area contributed by atoms with Gasteiger partial charge >= 0.3 is 5.91 Å². The van der Waals surface area contributed by atoms with E-state index in [4.69, 9.17) is 23.2 Å². The van der Waals surface area contributed by atoms with Gasteiger partial charge in [-0.15, -0.1) is 10.2 Å². The number of Topliss-reactive ketones (excluding diaryl/α,β-unsaturated/α-hetero) is 1. The molecule has 1 amide bonds. The Balaban J connectivity index is 1.39. The van der Waals surface area contributed by atoms with Gasteiger partial charge in [0.05, 0.1) is 21.7 Å². The first-order valence-electron chi connectivity index (χ1n) is 12.7. The lowest BCUT2D eigenvalue weighted by molar-refractivity contribution is -0.132. The zero-order valence-electron chi connectivity index (χ0n) is 21.8. The molecule has 6 rings (SSSR count). The van der Waals surface area contributed by atoms with Crippen molar-refractivity contribution in [3.8, 4) is 0 Å². The molecule has 1 aliphatic heterocycles. The highest BCUT2D eigenvalue weighted by molar-refractivity contribution is 8.00. The molecule has 210 valence electrons. The third-order valence-corrected chi connectivity index (χ3v) is 9.83. The van der Waals surface area contributed by atoms with Gasteiger partial charge in [0.25, 0.3) is 5.78 Å². The average Bonchev–Trinajstić information content (AvgIpc) is 3.56. The van der Waals surface area contributed by atoms with Gasteiger partial charge in [-0.05, 0) is 52.6 Å². The molecule has 0 spiro atoms. The number of amides is 1. The van der Waals surface area contributed by atoms with Crippen LogP contribution in [0.1, 0.15) is 28.3 Å². The number of carbonyl (C=O) groups excluding carboxylic acids is 2. The van der Waals surface area contributed by atoms with Crippen molar-refractivity contribution in [1.29, 1.82) is 0 Å². The van der Waals surface area contributed by atoms with Gasteiger partial charge in [0.2, 0.25) is 5.13 Å². The van der Waals surface area contributed by atoms with E-state index in [1.165, 1.54) is 40.9 Å². The smallest absolute Gasteiger partial charge is 0.301 e. The minimum atomic E-state index is -1.10. The Kier molecular flexibility index (Phi) is 7.76. The topological polar surface area (TPSA) is 83.4 Å². The van der Waals surface area contributed by atoms with E-state index < -0.39 is 29.3 Å². The monoisotopic (exact) mass is 635 g/mol. The van der Waals surface area contributed by atoms with E-state index in [1.807, 2.05) is 24.3 Å². The van der Waals surface area contributed by atoms with Crippen LogP contribution in [0.5, 0.6) is 0 Å². The molecular weight excluding hydrogens is 616 g/mol. The second-order valence-corrected chi connectivity index (χ2v) is 12.6. The van der Waals surface area contributed by atoms with Crippen LogP contribution >= 0.6 is 46.3 Å². The number of benzene rings is 4.